The molecule has 2 aromatic rings. The van der Waals surface area contributed by atoms with Crippen molar-refractivity contribution in [2.24, 2.45) is 0 Å². The molecule has 0 aliphatic heterocycles. The van der Waals surface area contributed by atoms with Crippen LogP contribution in [0.4, 0.5) is 0 Å². The third-order valence-corrected chi connectivity index (χ3v) is 4.19. The van der Waals surface area contributed by atoms with Gasteiger partial charge in [0.05, 0.1) is 6.04 Å². The van der Waals surface area contributed by atoms with Crippen molar-refractivity contribution < 1.29 is 9.32 Å². The van der Waals surface area contributed by atoms with Crippen molar-refractivity contribution in [3.63, 3.8) is 0 Å². The van der Waals surface area contributed by atoms with Gasteiger partial charge in [0.2, 0.25) is 0 Å². The minimum Gasteiger partial charge on any atom is -0.360 e. The Morgan fingerprint density at radius 2 is 2.19 bits per heavy atom. The second-order valence-corrected chi connectivity index (χ2v) is 5.97. The van der Waals surface area contributed by atoms with Gasteiger partial charge in [-0.05, 0) is 37.5 Å². The van der Waals surface area contributed by atoms with E-state index in [0.29, 0.717) is 16.6 Å². The lowest BCUT2D eigenvalue weighted by molar-refractivity contribution is 0.0732. The van der Waals surface area contributed by atoms with Gasteiger partial charge in [-0.1, -0.05) is 28.9 Å². The van der Waals surface area contributed by atoms with E-state index in [4.69, 9.17) is 16.1 Å². The summed E-state index contributed by atoms with van der Waals surface area (Å²) in [7, 11) is 1.76. The number of rotatable bonds is 4. The van der Waals surface area contributed by atoms with Gasteiger partial charge in [-0.15, -0.1) is 0 Å². The average Bonchev–Trinajstić information content (AvgIpc) is 3.22. The molecule has 0 N–H and O–H groups in total. The molecule has 1 unspecified atom stereocenters. The van der Waals surface area contributed by atoms with Gasteiger partial charge >= 0.3 is 0 Å². The van der Waals surface area contributed by atoms with Crippen molar-refractivity contribution in [3.05, 3.63) is 52.4 Å². The zero-order valence-corrected chi connectivity index (χ0v) is 12.8. The highest BCUT2D eigenvalue weighted by Gasteiger charge is 2.30. The molecule has 1 aromatic carbocycles. The van der Waals surface area contributed by atoms with Crippen molar-refractivity contribution in [2.45, 2.75) is 31.7 Å². The summed E-state index contributed by atoms with van der Waals surface area (Å²) >= 11 is 6.00. The average molecular weight is 305 g/mol. The van der Waals surface area contributed by atoms with Gasteiger partial charge < -0.3 is 9.42 Å². The standard InChI is InChI=1S/C16H17ClN2O2/c1-10(12-4-3-5-13(17)8-12)19(2)16(20)14-9-15(21-18-14)11-6-7-11/h3-5,8-11H,6-7H2,1-2H3. The fraction of sp³-hybridized carbons (Fsp3) is 0.375. The molecular formula is C16H17ClN2O2. The van der Waals surface area contributed by atoms with E-state index in [0.717, 1.165) is 24.2 Å². The summed E-state index contributed by atoms with van der Waals surface area (Å²) in [5.74, 6) is 1.13. The van der Waals surface area contributed by atoms with Crippen LogP contribution in [-0.4, -0.2) is 23.0 Å². The highest BCUT2D eigenvalue weighted by molar-refractivity contribution is 6.30. The SMILES string of the molecule is CC(c1cccc(Cl)c1)N(C)C(=O)c1cc(C2CC2)on1. The van der Waals surface area contributed by atoms with Crippen LogP contribution in [0.15, 0.2) is 34.9 Å². The fourth-order valence-corrected chi connectivity index (χ4v) is 2.50. The number of hydrogen-bond acceptors (Lipinski definition) is 3. The third kappa shape index (κ3) is 2.95. The summed E-state index contributed by atoms with van der Waals surface area (Å²) in [6, 6.07) is 9.21. The van der Waals surface area contributed by atoms with Crippen LogP contribution in [-0.2, 0) is 0 Å². The minimum atomic E-state index is -0.141. The monoisotopic (exact) mass is 304 g/mol. The lowest BCUT2D eigenvalue weighted by Crippen LogP contribution is -2.29. The third-order valence-electron chi connectivity index (χ3n) is 3.96. The van der Waals surface area contributed by atoms with Crippen LogP contribution in [0.5, 0.6) is 0 Å². The lowest BCUT2D eigenvalue weighted by atomic mass is 10.1. The van der Waals surface area contributed by atoms with Crippen LogP contribution in [0, 0.1) is 0 Å². The molecule has 1 heterocycles. The van der Waals surface area contributed by atoms with Crippen molar-refractivity contribution >= 4 is 17.5 Å². The molecule has 1 amide bonds. The number of carbonyl (C=O) groups excluding carboxylic acids is 1. The van der Waals surface area contributed by atoms with Crippen molar-refractivity contribution in [1.29, 1.82) is 0 Å². The molecule has 0 radical (unpaired) electrons. The summed E-state index contributed by atoms with van der Waals surface area (Å²) < 4.78 is 5.25. The number of amides is 1. The molecule has 1 aromatic heterocycles. The Labute approximate surface area is 128 Å². The molecule has 0 bridgehead atoms. The summed E-state index contributed by atoms with van der Waals surface area (Å²) in [6.07, 6.45) is 2.25. The van der Waals surface area contributed by atoms with Crippen LogP contribution in [0.3, 0.4) is 0 Å². The maximum absolute atomic E-state index is 12.5. The molecule has 4 nitrogen and oxygen atoms in total. The normalized spacial score (nSPS) is 15.8. The van der Waals surface area contributed by atoms with Gasteiger partial charge in [-0.25, -0.2) is 0 Å². The van der Waals surface area contributed by atoms with Crippen LogP contribution < -0.4 is 0 Å². The van der Waals surface area contributed by atoms with Crippen molar-refractivity contribution in [3.8, 4) is 0 Å². The van der Waals surface area contributed by atoms with E-state index in [2.05, 4.69) is 5.16 Å². The minimum absolute atomic E-state index is 0.0859. The van der Waals surface area contributed by atoms with Crippen molar-refractivity contribution in [2.75, 3.05) is 7.05 Å². The molecule has 1 fully saturated rings. The molecular weight excluding hydrogens is 288 g/mol. The topological polar surface area (TPSA) is 46.3 Å². The van der Waals surface area contributed by atoms with Gasteiger partial charge in [0.25, 0.3) is 5.91 Å². The zero-order valence-electron chi connectivity index (χ0n) is 12.0. The zero-order chi connectivity index (χ0) is 15.0. The second-order valence-electron chi connectivity index (χ2n) is 5.54. The van der Waals surface area contributed by atoms with Gasteiger partial charge in [-0.3, -0.25) is 4.79 Å². The largest absolute Gasteiger partial charge is 0.360 e. The van der Waals surface area contributed by atoms with Crippen LogP contribution in [0.1, 0.15) is 53.5 Å². The molecule has 21 heavy (non-hydrogen) atoms. The first-order valence-corrected chi connectivity index (χ1v) is 7.43. The van der Waals surface area contributed by atoms with E-state index in [1.807, 2.05) is 31.2 Å². The number of benzene rings is 1. The second kappa shape index (κ2) is 5.53. The fourth-order valence-electron chi connectivity index (χ4n) is 2.30. The summed E-state index contributed by atoms with van der Waals surface area (Å²) in [5.41, 5.74) is 1.36. The van der Waals surface area contributed by atoms with E-state index < -0.39 is 0 Å². The van der Waals surface area contributed by atoms with Crippen LogP contribution in [0.2, 0.25) is 5.02 Å². The molecule has 0 saturated heterocycles. The highest BCUT2D eigenvalue weighted by Crippen LogP contribution is 2.40. The summed E-state index contributed by atoms with van der Waals surface area (Å²) in [4.78, 5) is 14.1. The first-order chi connectivity index (χ1) is 10.1. The number of hydrogen-bond donors (Lipinski definition) is 0. The predicted molar refractivity (Wildman–Crippen MR) is 80.4 cm³/mol. The van der Waals surface area contributed by atoms with E-state index >= 15 is 0 Å². The maximum atomic E-state index is 12.5. The van der Waals surface area contributed by atoms with Gasteiger partial charge in [-0.2, -0.15) is 0 Å². The number of halogens is 1. The molecule has 110 valence electrons. The Kier molecular flexibility index (Phi) is 3.72. The first-order valence-electron chi connectivity index (χ1n) is 7.05. The summed E-state index contributed by atoms with van der Waals surface area (Å²) in [6.45, 7) is 1.96. The Hall–Kier alpha value is -1.81. The van der Waals surface area contributed by atoms with Crippen molar-refractivity contribution in [1.82, 2.24) is 10.1 Å². The van der Waals surface area contributed by atoms with E-state index in [-0.39, 0.29) is 11.9 Å². The molecule has 1 saturated carbocycles. The Morgan fingerprint density at radius 3 is 2.86 bits per heavy atom. The number of aromatic nitrogens is 1. The molecule has 5 heteroatoms. The van der Waals surface area contributed by atoms with E-state index in [1.165, 1.54) is 0 Å². The predicted octanol–water partition coefficient (Wildman–Crippen LogP) is 4.04. The lowest BCUT2D eigenvalue weighted by Gasteiger charge is -2.24. The van der Waals surface area contributed by atoms with Gasteiger partial charge in [0.1, 0.15) is 5.76 Å². The summed E-state index contributed by atoms with van der Waals surface area (Å²) in [5, 5.41) is 4.56. The van der Waals surface area contributed by atoms with Crippen LogP contribution in [0.25, 0.3) is 0 Å². The van der Waals surface area contributed by atoms with Gasteiger partial charge in [0.15, 0.2) is 5.69 Å². The highest BCUT2D eigenvalue weighted by atomic mass is 35.5. The Balaban J connectivity index is 1.76. The smallest absolute Gasteiger partial charge is 0.276 e. The number of carbonyl (C=O) groups is 1. The Morgan fingerprint density at radius 1 is 1.43 bits per heavy atom. The van der Waals surface area contributed by atoms with Gasteiger partial charge in [0, 0.05) is 24.1 Å². The Bertz CT molecular complexity index is 664. The molecule has 3 rings (SSSR count). The van der Waals surface area contributed by atoms with Crippen LogP contribution >= 0.6 is 11.6 Å². The first kappa shape index (κ1) is 14.1. The number of nitrogens with zero attached hydrogens (tertiary/aromatic N) is 2. The maximum Gasteiger partial charge on any atom is 0.276 e. The van der Waals surface area contributed by atoms with E-state index in [9.17, 15) is 4.79 Å². The molecule has 1 aliphatic carbocycles. The molecule has 1 atom stereocenters. The molecule has 1 aliphatic rings. The quantitative estimate of drug-likeness (QED) is 0.856. The van der Waals surface area contributed by atoms with E-state index in [1.54, 1.807) is 18.0 Å². The molecule has 0 spiro atoms.